The van der Waals surface area contributed by atoms with Gasteiger partial charge in [-0.3, -0.25) is 8.57 Å². The van der Waals surface area contributed by atoms with Crippen molar-refractivity contribution in [3.05, 3.63) is 119 Å². The summed E-state index contributed by atoms with van der Waals surface area (Å²) in [4.78, 5) is -1.77. The Kier molecular flexibility index (Phi) is 13.7. The van der Waals surface area contributed by atoms with Crippen LogP contribution in [0.2, 0.25) is 0 Å². The molecule has 58 heavy (non-hydrogen) atoms. The highest BCUT2D eigenvalue weighted by molar-refractivity contribution is 7.87. The minimum Gasteiger partial charge on any atom is -0.494 e. The third kappa shape index (κ3) is 12.5. The zero-order chi connectivity index (χ0) is 43.2. The van der Waals surface area contributed by atoms with Crippen molar-refractivity contribution in [3.8, 4) is 11.5 Å². The molecule has 24 heteroatoms. The summed E-state index contributed by atoms with van der Waals surface area (Å²) < 4.78 is 227. The van der Waals surface area contributed by atoms with Gasteiger partial charge in [0.15, 0.2) is 11.4 Å². The number of hydrogen-bond donors (Lipinski definition) is 0. The molecule has 0 amide bonds. The monoisotopic (exact) mass is 880 g/mol. The standard InChI is InChI=1S/C34H24F12N2O8S2/c35-31(36,37)23-7-15-27(16-8-23)57(49,50)55-47-29(33(41,42)43)21-3-11-25(12-4-21)53-19-1-2-20-54-26-13-5-22(6-14-26)30(34(44,45)46)48-56-58(51,52)28-17-9-24(10-18-28)32(38,39)40/h3-18H,1-2,19-20H2/b47-29-,48-30-. The number of unbranched alkanes of at least 4 members (excludes halogenated alkanes) is 1. The second-order valence-electron chi connectivity index (χ2n) is 11.4. The molecule has 4 aromatic rings. The van der Waals surface area contributed by atoms with Crippen molar-refractivity contribution in [1.82, 2.24) is 0 Å². The second kappa shape index (κ2) is 17.5. The van der Waals surface area contributed by atoms with E-state index in [1.165, 1.54) is 0 Å². The summed E-state index contributed by atoms with van der Waals surface area (Å²) in [5.41, 5.74) is -7.27. The molecule has 0 saturated heterocycles. The van der Waals surface area contributed by atoms with Crippen LogP contribution in [-0.4, -0.2) is 53.8 Å². The molecule has 314 valence electrons. The summed E-state index contributed by atoms with van der Waals surface area (Å²) in [5, 5.41) is 5.42. The maximum Gasteiger partial charge on any atom is 0.437 e. The smallest absolute Gasteiger partial charge is 0.437 e. The Morgan fingerprint density at radius 1 is 0.448 bits per heavy atom. The number of alkyl halides is 12. The minimum absolute atomic E-state index is 0.0110. The molecule has 0 aromatic heterocycles. The summed E-state index contributed by atoms with van der Waals surface area (Å²) in [5.74, 6) is 0.164. The third-order valence-corrected chi connectivity index (χ3v) is 9.50. The fourth-order valence-corrected chi connectivity index (χ4v) is 5.87. The molecule has 0 aliphatic heterocycles. The first kappa shape index (κ1) is 45.2. The maximum atomic E-state index is 13.7. The molecule has 0 atom stereocenters. The fraction of sp³-hybridized carbons (Fsp3) is 0.235. The zero-order valence-electron chi connectivity index (χ0n) is 28.6. The molecule has 0 spiro atoms. The molecule has 4 rings (SSSR count). The molecule has 0 heterocycles. The van der Waals surface area contributed by atoms with Crippen molar-refractivity contribution in [1.29, 1.82) is 0 Å². The quantitative estimate of drug-likeness (QED) is 0.0500. The number of halogens is 12. The molecule has 0 radical (unpaired) electrons. The van der Waals surface area contributed by atoms with Crippen LogP contribution >= 0.6 is 0 Å². The zero-order valence-corrected chi connectivity index (χ0v) is 30.2. The van der Waals surface area contributed by atoms with Crippen molar-refractivity contribution in [2.45, 2.75) is 47.3 Å². The van der Waals surface area contributed by atoms with Gasteiger partial charge in [-0.25, -0.2) is 0 Å². The molecule has 0 unspecified atom stereocenters. The Morgan fingerprint density at radius 3 is 1.00 bits per heavy atom. The van der Waals surface area contributed by atoms with E-state index in [-0.39, 0.29) is 24.7 Å². The first-order valence-electron chi connectivity index (χ1n) is 15.8. The fourth-order valence-electron chi connectivity index (χ4n) is 4.42. The van der Waals surface area contributed by atoms with Gasteiger partial charge < -0.3 is 9.47 Å². The number of nitrogens with zero attached hydrogens (tertiary/aromatic N) is 2. The molecule has 0 fully saturated rings. The Morgan fingerprint density at radius 2 is 0.741 bits per heavy atom. The first-order chi connectivity index (χ1) is 26.8. The van der Waals surface area contributed by atoms with Gasteiger partial charge in [0.05, 0.1) is 24.3 Å². The highest BCUT2D eigenvalue weighted by atomic mass is 32.2. The van der Waals surface area contributed by atoms with Crippen LogP contribution in [0.3, 0.4) is 0 Å². The number of oxime groups is 2. The Labute approximate surface area is 320 Å². The van der Waals surface area contributed by atoms with E-state index in [1.807, 2.05) is 0 Å². The third-order valence-electron chi connectivity index (χ3n) is 7.26. The second-order valence-corrected chi connectivity index (χ2v) is 14.5. The van der Waals surface area contributed by atoms with Crippen LogP contribution < -0.4 is 9.47 Å². The van der Waals surface area contributed by atoms with Crippen molar-refractivity contribution in [2.24, 2.45) is 10.3 Å². The van der Waals surface area contributed by atoms with E-state index in [0.29, 0.717) is 61.4 Å². The Bertz CT molecular complexity index is 2130. The van der Waals surface area contributed by atoms with Gasteiger partial charge in [0.25, 0.3) is 0 Å². The van der Waals surface area contributed by atoms with Crippen molar-refractivity contribution < 1.29 is 87.6 Å². The summed E-state index contributed by atoms with van der Waals surface area (Å²) in [6.45, 7) is 0.0221. The highest BCUT2D eigenvalue weighted by Gasteiger charge is 2.40. The molecule has 0 aliphatic rings. The van der Waals surface area contributed by atoms with Crippen molar-refractivity contribution >= 4 is 31.7 Å². The predicted molar refractivity (Wildman–Crippen MR) is 178 cm³/mol. The van der Waals surface area contributed by atoms with Crippen LogP contribution in [0.25, 0.3) is 0 Å². The van der Waals surface area contributed by atoms with Crippen LogP contribution in [0.5, 0.6) is 11.5 Å². The van der Waals surface area contributed by atoms with E-state index < -0.39 is 88.4 Å². The first-order valence-corrected chi connectivity index (χ1v) is 18.6. The molecule has 4 aromatic carbocycles. The van der Waals surface area contributed by atoms with Gasteiger partial charge in [-0.15, -0.1) is 0 Å². The van der Waals surface area contributed by atoms with Gasteiger partial charge in [0, 0.05) is 11.1 Å². The Balaban J connectivity index is 1.28. The summed E-state index contributed by atoms with van der Waals surface area (Å²) in [6, 6.07) is 11.5. The van der Waals surface area contributed by atoms with E-state index in [2.05, 4.69) is 18.9 Å². The van der Waals surface area contributed by atoms with Gasteiger partial charge in [0.1, 0.15) is 21.3 Å². The van der Waals surface area contributed by atoms with E-state index in [0.717, 1.165) is 48.5 Å². The lowest BCUT2D eigenvalue weighted by atomic mass is 10.1. The molecule has 0 bridgehead atoms. The van der Waals surface area contributed by atoms with Gasteiger partial charge in [-0.05, 0) is 110 Å². The van der Waals surface area contributed by atoms with Gasteiger partial charge in [0.2, 0.25) is 0 Å². The molecular formula is C34H24F12N2O8S2. The molecular weight excluding hydrogens is 856 g/mol. The van der Waals surface area contributed by atoms with Crippen LogP contribution in [0.1, 0.15) is 35.1 Å². The number of benzene rings is 4. The van der Waals surface area contributed by atoms with Crippen LogP contribution in [0, 0.1) is 0 Å². The molecule has 0 saturated carbocycles. The maximum absolute atomic E-state index is 13.7. The number of ether oxygens (including phenoxy) is 2. The van der Waals surface area contributed by atoms with E-state index >= 15 is 0 Å². The highest BCUT2D eigenvalue weighted by Crippen LogP contribution is 2.32. The average Bonchev–Trinajstić information content (AvgIpc) is 3.12. The van der Waals surface area contributed by atoms with Gasteiger partial charge >= 0.3 is 44.9 Å². The summed E-state index contributed by atoms with van der Waals surface area (Å²) in [6.07, 6.45) is -19.4. The van der Waals surface area contributed by atoms with Crippen LogP contribution in [0.15, 0.2) is 117 Å². The lowest BCUT2D eigenvalue weighted by Gasteiger charge is -2.12. The Hall–Kier alpha value is -5.52. The van der Waals surface area contributed by atoms with Crippen LogP contribution in [-0.2, 0) is 41.2 Å². The molecule has 0 N–H and O–H groups in total. The normalized spacial score (nSPS) is 13.6. The minimum atomic E-state index is -5.23. The van der Waals surface area contributed by atoms with E-state index in [9.17, 15) is 69.5 Å². The van der Waals surface area contributed by atoms with E-state index in [4.69, 9.17) is 9.47 Å². The predicted octanol–water partition coefficient (Wildman–Crippen LogP) is 9.31. The number of hydrogen-bond acceptors (Lipinski definition) is 10. The average molecular weight is 881 g/mol. The summed E-state index contributed by atoms with van der Waals surface area (Å²) in [7, 11) is -10.1. The van der Waals surface area contributed by atoms with Crippen molar-refractivity contribution in [3.63, 3.8) is 0 Å². The number of rotatable bonds is 15. The van der Waals surface area contributed by atoms with Gasteiger partial charge in [-0.1, -0.05) is 10.3 Å². The molecule has 0 aliphatic carbocycles. The topological polar surface area (TPSA) is 130 Å². The molecule has 10 nitrogen and oxygen atoms in total. The largest absolute Gasteiger partial charge is 0.494 e. The lowest BCUT2D eigenvalue weighted by molar-refractivity contribution is -0.138. The SMILES string of the molecule is O=S(=O)(O/N=C(/c1ccc(OCCCCOc2ccc(/C(=N/OS(=O)(=O)c3ccc(C(F)(F)F)cc3)C(F)(F)F)cc2)cc1)C(F)(F)F)c1ccc(C(F)(F)F)cc1. The lowest BCUT2D eigenvalue weighted by Crippen LogP contribution is -2.25. The van der Waals surface area contributed by atoms with Crippen LogP contribution in [0.4, 0.5) is 52.7 Å². The van der Waals surface area contributed by atoms with E-state index in [1.54, 1.807) is 0 Å². The van der Waals surface area contributed by atoms with Gasteiger partial charge in [-0.2, -0.15) is 69.5 Å². The van der Waals surface area contributed by atoms with Crippen molar-refractivity contribution in [2.75, 3.05) is 13.2 Å². The summed E-state index contributed by atoms with van der Waals surface area (Å²) >= 11 is 0.